The fraction of sp³-hybridized carbons (Fsp3) is 0.357. The number of carbonyl (C=O) groups excluding carboxylic acids is 1. The van der Waals surface area contributed by atoms with Gasteiger partial charge < -0.3 is 9.47 Å². The summed E-state index contributed by atoms with van der Waals surface area (Å²) in [4.78, 5) is 16.1. The fourth-order valence-corrected chi connectivity index (χ4v) is 7.10. The molecule has 0 fully saturated rings. The van der Waals surface area contributed by atoms with Crippen molar-refractivity contribution in [2.75, 3.05) is 16.6 Å². The second-order valence-corrected chi connectivity index (χ2v) is 14.4. The number of rotatable bonds is 10. The van der Waals surface area contributed by atoms with E-state index < -0.39 is 55.9 Å². The monoisotopic (exact) mass is 644 g/mol. The van der Waals surface area contributed by atoms with E-state index in [4.69, 9.17) is 4.74 Å². The Balaban J connectivity index is 1.61. The van der Waals surface area contributed by atoms with Crippen molar-refractivity contribution in [2.24, 2.45) is 0 Å². The molecule has 9 nitrogen and oxygen atoms in total. The first-order chi connectivity index (χ1) is 20.0. The number of aromatic nitrogens is 1. The van der Waals surface area contributed by atoms with Crippen molar-refractivity contribution >= 4 is 31.5 Å². The van der Waals surface area contributed by atoms with Gasteiger partial charge in [0.1, 0.15) is 17.7 Å². The SMILES string of the molecule is CC(C)(OC(=O)Cc1ccc2c(c1)N(S(=O)(=O)c1ccc(F)cc1)C[C@H](CCS(=O)(=O)Cc1ccccn1)O2)C(F)(F)F. The zero-order chi connectivity index (χ0) is 31.6. The van der Waals surface area contributed by atoms with Gasteiger partial charge in [0.15, 0.2) is 9.84 Å². The molecule has 0 saturated heterocycles. The van der Waals surface area contributed by atoms with Crippen LogP contribution in [0.3, 0.4) is 0 Å². The van der Waals surface area contributed by atoms with Crippen molar-refractivity contribution in [3.8, 4) is 5.75 Å². The van der Waals surface area contributed by atoms with Crippen LogP contribution in [0.15, 0.2) is 71.8 Å². The van der Waals surface area contributed by atoms with Crippen molar-refractivity contribution < 1.29 is 48.7 Å². The summed E-state index contributed by atoms with van der Waals surface area (Å²) in [5.74, 6) is -2.48. The minimum Gasteiger partial charge on any atom is -0.486 e. The number of anilines is 1. The topological polar surface area (TPSA) is 120 Å². The van der Waals surface area contributed by atoms with Crippen molar-refractivity contribution in [3.63, 3.8) is 0 Å². The molecule has 0 spiro atoms. The Hall–Kier alpha value is -3.72. The average Bonchev–Trinajstić information content (AvgIpc) is 2.91. The summed E-state index contributed by atoms with van der Waals surface area (Å²) >= 11 is 0. The molecule has 15 heteroatoms. The third kappa shape index (κ3) is 7.82. The first kappa shape index (κ1) is 32.2. The average molecular weight is 645 g/mol. The number of hydrogen-bond donors (Lipinski definition) is 0. The van der Waals surface area contributed by atoms with Crippen LogP contribution >= 0.6 is 0 Å². The van der Waals surface area contributed by atoms with Crippen LogP contribution in [-0.2, 0) is 41.6 Å². The van der Waals surface area contributed by atoms with Gasteiger partial charge in [-0.2, -0.15) is 13.2 Å². The molecule has 4 rings (SSSR count). The van der Waals surface area contributed by atoms with E-state index in [2.05, 4.69) is 9.72 Å². The summed E-state index contributed by atoms with van der Waals surface area (Å²) in [5.41, 5.74) is -2.29. The zero-order valence-electron chi connectivity index (χ0n) is 23.0. The molecule has 3 aromatic rings. The lowest BCUT2D eigenvalue weighted by molar-refractivity contribution is -0.257. The highest BCUT2D eigenvalue weighted by Gasteiger charge is 2.50. The van der Waals surface area contributed by atoms with E-state index >= 15 is 0 Å². The maximum Gasteiger partial charge on any atom is 0.427 e. The van der Waals surface area contributed by atoms with Crippen LogP contribution in [0, 0.1) is 5.82 Å². The number of ether oxygens (including phenoxy) is 2. The molecular weight excluding hydrogens is 616 g/mol. The maximum atomic E-state index is 13.7. The number of sulfonamides is 1. The molecule has 232 valence electrons. The fourth-order valence-electron chi connectivity index (χ4n) is 4.22. The van der Waals surface area contributed by atoms with Gasteiger partial charge in [0.2, 0.25) is 5.60 Å². The van der Waals surface area contributed by atoms with Gasteiger partial charge in [-0.05, 0) is 74.4 Å². The molecule has 0 amide bonds. The van der Waals surface area contributed by atoms with Gasteiger partial charge in [-0.3, -0.25) is 14.1 Å². The van der Waals surface area contributed by atoms with Gasteiger partial charge in [-0.1, -0.05) is 12.1 Å². The van der Waals surface area contributed by atoms with Crippen LogP contribution in [0.25, 0.3) is 0 Å². The van der Waals surface area contributed by atoms with Gasteiger partial charge in [-0.15, -0.1) is 0 Å². The second-order valence-electron chi connectivity index (χ2n) is 10.4. The molecule has 0 bridgehead atoms. The molecule has 2 heterocycles. The van der Waals surface area contributed by atoms with Gasteiger partial charge in [0.25, 0.3) is 10.0 Å². The number of esters is 1. The van der Waals surface area contributed by atoms with Crippen LogP contribution in [0.4, 0.5) is 23.2 Å². The van der Waals surface area contributed by atoms with E-state index in [0.717, 1.165) is 28.6 Å². The standard InChI is InChI=1S/C28H28F4N2O7S2/c1-27(2,28(30,31)32)41-26(35)16-19-6-11-25-24(15-19)34(43(38,39)23-9-7-20(29)8-10-23)17-22(40-25)12-14-42(36,37)18-21-5-3-4-13-33-21/h3-11,13,15,22H,12,14,16-18H2,1-2H3/t22-/m0/s1. The van der Waals surface area contributed by atoms with Crippen molar-refractivity contribution in [1.82, 2.24) is 4.98 Å². The van der Waals surface area contributed by atoms with Gasteiger partial charge in [0.05, 0.1) is 40.7 Å². The van der Waals surface area contributed by atoms with E-state index in [9.17, 15) is 39.2 Å². The molecule has 2 aromatic carbocycles. The van der Waals surface area contributed by atoms with Crippen LogP contribution in [-0.4, -0.2) is 58.0 Å². The number of fused-ring (bicyclic) bond motifs is 1. The summed E-state index contributed by atoms with van der Waals surface area (Å²) in [7, 11) is -8.01. The Morgan fingerprint density at radius 3 is 2.37 bits per heavy atom. The molecule has 0 saturated carbocycles. The number of benzene rings is 2. The third-order valence-electron chi connectivity index (χ3n) is 6.60. The highest BCUT2D eigenvalue weighted by Crippen LogP contribution is 2.39. The van der Waals surface area contributed by atoms with E-state index in [1.807, 2.05) is 0 Å². The lowest BCUT2D eigenvalue weighted by atomic mass is 10.1. The molecule has 0 N–H and O–H groups in total. The lowest BCUT2D eigenvalue weighted by Gasteiger charge is -2.36. The zero-order valence-corrected chi connectivity index (χ0v) is 24.7. The number of hydrogen-bond acceptors (Lipinski definition) is 8. The van der Waals surface area contributed by atoms with E-state index in [1.54, 1.807) is 18.2 Å². The van der Waals surface area contributed by atoms with E-state index in [-0.39, 0.29) is 46.4 Å². The van der Waals surface area contributed by atoms with Gasteiger partial charge in [-0.25, -0.2) is 21.2 Å². The quantitative estimate of drug-likeness (QED) is 0.232. The molecule has 0 unspecified atom stereocenters. The van der Waals surface area contributed by atoms with Crippen LogP contribution in [0.2, 0.25) is 0 Å². The largest absolute Gasteiger partial charge is 0.486 e. The Labute approximate surface area is 246 Å². The van der Waals surface area contributed by atoms with E-state index in [0.29, 0.717) is 19.5 Å². The minimum atomic E-state index is -4.81. The highest BCUT2D eigenvalue weighted by molar-refractivity contribution is 7.92. The molecule has 1 aliphatic rings. The molecule has 1 atom stereocenters. The Kier molecular flexibility index (Phi) is 9.07. The predicted molar refractivity (Wildman–Crippen MR) is 148 cm³/mol. The predicted octanol–water partition coefficient (Wildman–Crippen LogP) is 4.61. The number of carbonyl (C=O) groups is 1. The summed E-state index contributed by atoms with van der Waals surface area (Å²) in [5, 5.41) is 0. The Morgan fingerprint density at radius 1 is 1.05 bits per heavy atom. The van der Waals surface area contributed by atoms with Crippen molar-refractivity contribution in [3.05, 3.63) is 83.9 Å². The Morgan fingerprint density at radius 2 is 1.74 bits per heavy atom. The summed E-state index contributed by atoms with van der Waals surface area (Å²) in [6, 6.07) is 12.9. The Bertz CT molecular complexity index is 1680. The normalized spacial score (nSPS) is 15.9. The number of sulfone groups is 1. The molecule has 1 aliphatic heterocycles. The van der Waals surface area contributed by atoms with Gasteiger partial charge >= 0.3 is 12.1 Å². The van der Waals surface area contributed by atoms with E-state index in [1.165, 1.54) is 24.4 Å². The maximum absolute atomic E-state index is 13.7. The molecule has 0 aliphatic carbocycles. The second kappa shape index (κ2) is 12.1. The summed E-state index contributed by atoms with van der Waals surface area (Å²) in [6.45, 7) is 1.08. The third-order valence-corrected chi connectivity index (χ3v) is 9.99. The van der Waals surface area contributed by atoms with Crippen molar-refractivity contribution in [2.45, 2.75) is 55.2 Å². The molecule has 0 radical (unpaired) electrons. The van der Waals surface area contributed by atoms with Crippen LogP contribution in [0.1, 0.15) is 31.5 Å². The number of alkyl halides is 3. The minimum absolute atomic E-state index is 0.0303. The first-order valence-electron chi connectivity index (χ1n) is 12.9. The van der Waals surface area contributed by atoms with Gasteiger partial charge in [0, 0.05) is 6.20 Å². The smallest absolute Gasteiger partial charge is 0.427 e. The van der Waals surface area contributed by atoms with Crippen molar-refractivity contribution in [1.29, 1.82) is 0 Å². The molecule has 43 heavy (non-hydrogen) atoms. The summed E-state index contributed by atoms with van der Waals surface area (Å²) in [6.07, 6.45) is -4.94. The number of halogens is 4. The lowest BCUT2D eigenvalue weighted by Crippen LogP contribution is -2.44. The number of nitrogens with zero attached hydrogens (tertiary/aromatic N) is 2. The molecule has 1 aromatic heterocycles. The molecular formula is C28H28F4N2O7S2. The summed E-state index contributed by atoms with van der Waals surface area (Å²) < 4.78 is 117. The number of pyridine rings is 1. The van der Waals surface area contributed by atoms with Crippen LogP contribution in [0.5, 0.6) is 5.75 Å². The van der Waals surface area contributed by atoms with Crippen LogP contribution < -0.4 is 9.04 Å². The highest BCUT2D eigenvalue weighted by atomic mass is 32.2. The first-order valence-corrected chi connectivity index (χ1v) is 16.2.